The topological polar surface area (TPSA) is 122 Å². The minimum absolute atomic E-state index is 0.0387. The number of phenolic OH excluding ortho intramolecular Hbond substituents is 1. The first kappa shape index (κ1) is 22.2. The first-order valence-electron chi connectivity index (χ1n) is 8.94. The van der Waals surface area contributed by atoms with E-state index in [0.29, 0.717) is 5.56 Å². The molecule has 0 heterocycles. The largest absolute Gasteiger partial charge is 0.508 e. The molecule has 0 aliphatic carbocycles. The number of hydrogen-bond acceptors (Lipinski definition) is 5. The lowest BCUT2D eigenvalue weighted by Gasteiger charge is -2.24. The van der Waals surface area contributed by atoms with E-state index in [2.05, 4.69) is 10.6 Å². The van der Waals surface area contributed by atoms with Crippen molar-refractivity contribution >= 4 is 29.1 Å². The van der Waals surface area contributed by atoms with Gasteiger partial charge >= 0.3 is 0 Å². The Morgan fingerprint density at radius 1 is 1.10 bits per heavy atom. The Kier molecular flexibility index (Phi) is 7.17. The zero-order chi connectivity index (χ0) is 21.7. The highest BCUT2D eigenvalue weighted by Gasteiger charge is 2.27. The van der Waals surface area contributed by atoms with Gasteiger partial charge in [-0.25, -0.2) is 0 Å². The van der Waals surface area contributed by atoms with Crippen LogP contribution in [-0.2, 0) is 4.79 Å². The smallest absolute Gasteiger partial charge is 0.270 e. The number of carbonyl (C=O) groups is 2. The number of nitro benzene ring substituents is 1. The van der Waals surface area contributed by atoms with Gasteiger partial charge in [0.25, 0.3) is 11.6 Å². The van der Waals surface area contributed by atoms with Crippen molar-refractivity contribution in [2.75, 3.05) is 0 Å². The number of aromatic hydroxyl groups is 1. The van der Waals surface area contributed by atoms with Crippen molar-refractivity contribution in [1.29, 1.82) is 0 Å². The molecule has 0 aliphatic rings. The van der Waals surface area contributed by atoms with Gasteiger partial charge in [-0.15, -0.1) is 0 Å². The number of benzene rings is 2. The van der Waals surface area contributed by atoms with Gasteiger partial charge in [-0.2, -0.15) is 0 Å². The van der Waals surface area contributed by atoms with Gasteiger partial charge in [-0.3, -0.25) is 19.7 Å². The third kappa shape index (κ3) is 5.68. The minimum Gasteiger partial charge on any atom is -0.508 e. The third-order valence-electron chi connectivity index (χ3n) is 4.37. The number of amides is 2. The van der Waals surface area contributed by atoms with Crippen molar-refractivity contribution in [1.82, 2.24) is 10.6 Å². The molecule has 0 saturated heterocycles. The van der Waals surface area contributed by atoms with Crippen LogP contribution in [0.25, 0.3) is 0 Å². The molecule has 2 amide bonds. The molecule has 8 nitrogen and oxygen atoms in total. The highest BCUT2D eigenvalue weighted by molar-refractivity contribution is 6.34. The summed E-state index contributed by atoms with van der Waals surface area (Å²) in [6, 6.07) is 8.79. The van der Waals surface area contributed by atoms with Crippen LogP contribution in [0.5, 0.6) is 5.75 Å². The predicted octanol–water partition coefficient (Wildman–Crippen LogP) is 3.59. The van der Waals surface area contributed by atoms with Gasteiger partial charge in [0.1, 0.15) is 11.8 Å². The third-order valence-corrected chi connectivity index (χ3v) is 4.69. The molecule has 0 fully saturated rings. The first-order valence-corrected chi connectivity index (χ1v) is 9.32. The Morgan fingerprint density at radius 3 is 2.34 bits per heavy atom. The molecule has 2 aromatic rings. The Morgan fingerprint density at radius 2 is 1.79 bits per heavy atom. The maximum Gasteiger partial charge on any atom is 0.270 e. The Labute approximate surface area is 173 Å². The van der Waals surface area contributed by atoms with Gasteiger partial charge in [0.15, 0.2) is 0 Å². The van der Waals surface area contributed by atoms with Crippen LogP contribution in [0, 0.1) is 16.0 Å². The van der Waals surface area contributed by atoms with E-state index in [0.717, 1.165) is 6.07 Å². The van der Waals surface area contributed by atoms with Crippen LogP contribution >= 0.6 is 11.6 Å². The standard InChI is InChI=1S/C20H22ClN3O5/c1-11(2)18(20(27)22-12(3)13-5-4-6-15(25)9-13)23-19(26)16-8-7-14(24(28)29)10-17(16)21/h4-12,18,25H,1-3H3,(H,22,27)(H,23,26). The molecule has 2 aromatic carbocycles. The molecule has 2 unspecified atom stereocenters. The van der Waals surface area contributed by atoms with Crippen molar-refractivity contribution in [2.24, 2.45) is 5.92 Å². The molecule has 29 heavy (non-hydrogen) atoms. The van der Waals surface area contributed by atoms with Crippen LogP contribution in [0.15, 0.2) is 42.5 Å². The van der Waals surface area contributed by atoms with Crippen molar-refractivity contribution in [3.05, 3.63) is 68.7 Å². The van der Waals surface area contributed by atoms with Gasteiger partial charge in [0, 0.05) is 12.1 Å². The van der Waals surface area contributed by atoms with Gasteiger partial charge < -0.3 is 15.7 Å². The summed E-state index contributed by atoms with van der Waals surface area (Å²) in [6.07, 6.45) is 0. The fraction of sp³-hybridized carbons (Fsp3) is 0.300. The van der Waals surface area contributed by atoms with Crippen LogP contribution in [0.2, 0.25) is 5.02 Å². The maximum atomic E-state index is 12.7. The van der Waals surface area contributed by atoms with Crippen LogP contribution in [0.4, 0.5) is 5.69 Å². The van der Waals surface area contributed by atoms with Crippen LogP contribution in [0.1, 0.15) is 42.7 Å². The Balaban J connectivity index is 2.14. The quantitative estimate of drug-likeness (QED) is 0.467. The average Bonchev–Trinajstić information content (AvgIpc) is 2.65. The van der Waals surface area contributed by atoms with Gasteiger partial charge in [-0.05, 0) is 36.6 Å². The lowest BCUT2D eigenvalue weighted by molar-refractivity contribution is -0.384. The first-order chi connectivity index (χ1) is 13.6. The number of rotatable bonds is 7. The van der Waals surface area contributed by atoms with E-state index in [1.807, 2.05) is 0 Å². The van der Waals surface area contributed by atoms with Crippen LogP contribution < -0.4 is 10.6 Å². The molecular weight excluding hydrogens is 398 g/mol. The number of nitrogens with zero attached hydrogens (tertiary/aromatic N) is 1. The van der Waals surface area contributed by atoms with E-state index in [4.69, 9.17) is 11.6 Å². The predicted molar refractivity (Wildman–Crippen MR) is 109 cm³/mol. The van der Waals surface area contributed by atoms with E-state index >= 15 is 0 Å². The summed E-state index contributed by atoms with van der Waals surface area (Å²) in [7, 11) is 0. The molecule has 0 bridgehead atoms. The monoisotopic (exact) mass is 419 g/mol. The van der Waals surface area contributed by atoms with E-state index in [1.54, 1.807) is 39.0 Å². The summed E-state index contributed by atoms with van der Waals surface area (Å²) in [5.41, 5.74) is 0.520. The molecule has 154 valence electrons. The molecule has 2 atom stereocenters. The normalized spacial score (nSPS) is 12.9. The number of halogens is 1. The number of carbonyl (C=O) groups excluding carboxylic acids is 2. The summed E-state index contributed by atoms with van der Waals surface area (Å²) in [6.45, 7) is 5.32. The van der Waals surface area contributed by atoms with Gasteiger partial charge in [-0.1, -0.05) is 37.6 Å². The second-order valence-corrected chi connectivity index (χ2v) is 7.35. The molecule has 0 aromatic heterocycles. The lowest BCUT2D eigenvalue weighted by Crippen LogP contribution is -2.50. The molecule has 2 rings (SSSR count). The Bertz CT molecular complexity index is 932. The van der Waals surface area contributed by atoms with E-state index in [-0.39, 0.29) is 27.9 Å². The maximum absolute atomic E-state index is 12.7. The van der Waals surface area contributed by atoms with Crippen LogP contribution in [0.3, 0.4) is 0 Å². The molecule has 0 radical (unpaired) electrons. The summed E-state index contributed by atoms with van der Waals surface area (Å²) in [4.78, 5) is 35.5. The molecular formula is C20H22ClN3O5. The fourth-order valence-electron chi connectivity index (χ4n) is 2.74. The second kappa shape index (κ2) is 9.38. The van der Waals surface area contributed by atoms with Gasteiger partial charge in [0.05, 0.1) is 21.6 Å². The van der Waals surface area contributed by atoms with Gasteiger partial charge in [0.2, 0.25) is 5.91 Å². The van der Waals surface area contributed by atoms with Crippen molar-refractivity contribution in [2.45, 2.75) is 32.9 Å². The molecule has 0 spiro atoms. The lowest BCUT2D eigenvalue weighted by atomic mass is 10.0. The zero-order valence-corrected chi connectivity index (χ0v) is 16.9. The number of hydrogen-bond donors (Lipinski definition) is 3. The van der Waals surface area contributed by atoms with E-state index in [1.165, 1.54) is 18.2 Å². The van der Waals surface area contributed by atoms with Crippen molar-refractivity contribution in [3.8, 4) is 5.75 Å². The minimum atomic E-state index is -0.853. The van der Waals surface area contributed by atoms with Crippen LogP contribution in [-0.4, -0.2) is 27.9 Å². The zero-order valence-electron chi connectivity index (χ0n) is 16.2. The highest BCUT2D eigenvalue weighted by Crippen LogP contribution is 2.23. The van der Waals surface area contributed by atoms with Crippen molar-refractivity contribution in [3.63, 3.8) is 0 Å². The highest BCUT2D eigenvalue weighted by atomic mass is 35.5. The fourth-order valence-corrected chi connectivity index (χ4v) is 3.00. The summed E-state index contributed by atoms with van der Waals surface area (Å²) in [5.74, 6) is -1.15. The SMILES string of the molecule is CC(NC(=O)C(NC(=O)c1ccc([N+](=O)[O-])cc1Cl)C(C)C)c1cccc(O)c1. The number of non-ortho nitro benzene ring substituents is 1. The Hall–Kier alpha value is -3.13. The van der Waals surface area contributed by atoms with E-state index in [9.17, 15) is 24.8 Å². The number of phenols is 1. The van der Waals surface area contributed by atoms with E-state index < -0.39 is 28.8 Å². The second-order valence-electron chi connectivity index (χ2n) is 6.94. The van der Waals surface area contributed by atoms with Crippen molar-refractivity contribution < 1.29 is 19.6 Å². The molecule has 9 heteroatoms. The summed E-state index contributed by atoms with van der Waals surface area (Å²) in [5, 5.41) is 25.8. The summed E-state index contributed by atoms with van der Waals surface area (Å²) >= 11 is 6.00. The average molecular weight is 420 g/mol. The number of nitrogens with one attached hydrogen (secondary N) is 2. The molecule has 0 saturated carbocycles. The molecule has 0 aliphatic heterocycles. The number of nitro groups is 1. The summed E-state index contributed by atoms with van der Waals surface area (Å²) < 4.78 is 0. The molecule has 3 N–H and O–H groups in total.